The molecular weight excluding hydrogens is 452 g/mol. The molecule has 0 aliphatic carbocycles. The minimum absolute atomic E-state index is 0.0472. The van der Waals surface area contributed by atoms with Gasteiger partial charge in [-0.05, 0) is 25.1 Å². The summed E-state index contributed by atoms with van der Waals surface area (Å²) >= 11 is 0. The van der Waals surface area contributed by atoms with E-state index < -0.39 is 52.9 Å². The monoisotopic (exact) mass is 469 g/mol. The number of hydrogen-bond acceptors (Lipinski definition) is 4. The summed E-state index contributed by atoms with van der Waals surface area (Å²) in [7, 11) is 1.07. The van der Waals surface area contributed by atoms with E-state index in [0.29, 0.717) is 0 Å². The normalized spacial score (nSPS) is 25.4. The Kier molecular flexibility index (Phi) is 5.32. The Labute approximate surface area is 183 Å². The second-order valence-electron chi connectivity index (χ2n) is 7.99. The summed E-state index contributed by atoms with van der Waals surface area (Å²) in [6, 6.07) is 5.92. The Morgan fingerprint density at radius 3 is 2.42 bits per heavy atom. The summed E-state index contributed by atoms with van der Waals surface area (Å²) in [6.07, 6.45) is -6.24. The van der Waals surface area contributed by atoms with Crippen LogP contribution in [0, 0.1) is 34.7 Å². The molecule has 0 saturated carbocycles. The van der Waals surface area contributed by atoms with Crippen LogP contribution in [-0.2, 0) is 4.74 Å². The quantitative estimate of drug-likeness (QED) is 0.502. The maximum atomic E-state index is 14.4. The number of methoxy groups -OCH3 is 1. The zero-order valence-corrected chi connectivity index (χ0v) is 17.5. The number of nitrogens with one attached hydrogen (secondary N) is 1. The van der Waals surface area contributed by atoms with Crippen molar-refractivity contribution in [2.24, 2.45) is 5.92 Å². The summed E-state index contributed by atoms with van der Waals surface area (Å²) in [5, 5.41) is 9.26. The minimum Gasteiger partial charge on any atom is -0.493 e. The molecule has 1 unspecified atom stereocenters. The second kappa shape index (κ2) is 7.66. The SMILES string of the molecule is COc1c([C@@H]2C(C)[C@](C)(C(F)(F)F)O[C@H]2c2nc3c(C#N)c(F)ccc3[nH]2)ccc(F)c1F. The molecule has 1 N–H and O–H groups in total. The Morgan fingerprint density at radius 1 is 1.15 bits per heavy atom. The van der Waals surface area contributed by atoms with Crippen LogP contribution in [0.25, 0.3) is 11.0 Å². The van der Waals surface area contributed by atoms with Gasteiger partial charge in [-0.3, -0.25) is 0 Å². The van der Waals surface area contributed by atoms with Crippen LogP contribution in [0.4, 0.5) is 26.3 Å². The molecule has 1 aromatic heterocycles. The lowest BCUT2D eigenvalue weighted by molar-refractivity contribution is -0.275. The maximum Gasteiger partial charge on any atom is 0.417 e. The lowest BCUT2D eigenvalue weighted by Crippen LogP contribution is -2.46. The standard InChI is InChI=1S/C22H17F6N3O2/c1-9-15(10-4-5-13(24)16(25)18(10)32-3)19(33-21(9,2)22(26,27)28)20-30-14-7-6-12(23)11(8-29)17(14)31-20/h4-7,9,15,19H,1-3H3,(H,30,31)/t9?,15-,19+,21+/m0/s1. The van der Waals surface area contributed by atoms with E-state index in [1.807, 2.05) is 0 Å². The molecule has 2 heterocycles. The molecule has 4 atom stereocenters. The van der Waals surface area contributed by atoms with E-state index >= 15 is 0 Å². The topological polar surface area (TPSA) is 70.9 Å². The zero-order valence-electron chi connectivity index (χ0n) is 17.5. The number of alkyl halides is 3. The Balaban J connectivity index is 1.95. The first-order valence-electron chi connectivity index (χ1n) is 9.79. The highest BCUT2D eigenvalue weighted by molar-refractivity contribution is 5.81. The number of hydrogen-bond donors (Lipinski definition) is 1. The molecule has 0 amide bonds. The van der Waals surface area contributed by atoms with Crippen molar-refractivity contribution in [1.82, 2.24) is 9.97 Å². The van der Waals surface area contributed by atoms with Crippen molar-refractivity contribution >= 4 is 11.0 Å². The number of halogens is 6. The first kappa shape index (κ1) is 22.9. The van der Waals surface area contributed by atoms with Crippen molar-refractivity contribution in [1.29, 1.82) is 5.26 Å². The third-order valence-corrected chi connectivity index (χ3v) is 6.32. The molecule has 1 aliphatic rings. The van der Waals surface area contributed by atoms with Gasteiger partial charge in [0.25, 0.3) is 0 Å². The van der Waals surface area contributed by atoms with Gasteiger partial charge in [0.1, 0.15) is 34.9 Å². The molecular formula is C22H17F6N3O2. The smallest absolute Gasteiger partial charge is 0.417 e. The lowest BCUT2D eigenvalue weighted by atomic mass is 9.77. The third-order valence-electron chi connectivity index (χ3n) is 6.32. The molecule has 3 aromatic rings. The van der Waals surface area contributed by atoms with E-state index in [1.54, 1.807) is 6.07 Å². The van der Waals surface area contributed by atoms with E-state index in [1.165, 1.54) is 13.0 Å². The predicted octanol–water partition coefficient (Wildman–Crippen LogP) is 5.67. The largest absolute Gasteiger partial charge is 0.493 e. The zero-order chi connectivity index (χ0) is 24.3. The van der Waals surface area contributed by atoms with Gasteiger partial charge >= 0.3 is 6.18 Å². The van der Waals surface area contributed by atoms with Gasteiger partial charge in [-0.15, -0.1) is 0 Å². The number of fused-ring (bicyclic) bond motifs is 1. The number of ether oxygens (including phenoxy) is 2. The van der Waals surface area contributed by atoms with Crippen molar-refractivity contribution in [3.8, 4) is 11.8 Å². The number of H-pyrrole nitrogens is 1. The summed E-state index contributed by atoms with van der Waals surface area (Å²) in [4.78, 5) is 6.94. The molecule has 0 bridgehead atoms. The average molecular weight is 469 g/mol. The van der Waals surface area contributed by atoms with E-state index in [-0.39, 0.29) is 28.0 Å². The van der Waals surface area contributed by atoms with Gasteiger partial charge < -0.3 is 14.5 Å². The number of rotatable bonds is 3. The highest BCUT2D eigenvalue weighted by atomic mass is 19.4. The molecule has 174 valence electrons. The maximum absolute atomic E-state index is 14.4. The van der Waals surface area contributed by atoms with Crippen molar-refractivity contribution in [3.63, 3.8) is 0 Å². The summed E-state index contributed by atoms with van der Waals surface area (Å²) in [6.45, 7) is 2.14. The van der Waals surface area contributed by atoms with Crippen LogP contribution in [0.15, 0.2) is 24.3 Å². The van der Waals surface area contributed by atoms with Crippen molar-refractivity contribution in [3.05, 3.63) is 58.7 Å². The van der Waals surface area contributed by atoms with Crippen molar-refractivity contribution in [2.45, 2.75) is 37.6 Å². The fourth-order valence-electron chi connectivity index (χ4n) is 4.36. The molecule has 5 nitrogen and oxygen atoms in total. The number of nitriles is 1. The molecule has 0 spiro atoms. The molecule has 1 fully saturated rings. The minimum atomic E-state index is -4.82. The number of aromatic nitrogens is 2. The average Bonchev–Trinajstić information content (AvgIpc) is 3.29. The van der Waals surface area contributed by atoms with Gasteiger partial charge in [-0.25, -0.2) is 13.8 Å². The molecule has 4 rings (SSSR count). The predicted molar refractivity (Wildman–Crippen MR) is 104 cm³/mol. The van der Waals surface area contributed by atoms with E-state index in [9.17, 15) is 31.6 Å². The number of benzene rings is 2. The summed E-state index contributed by atoms with van der Waals surface area (Å²) in [5.41, 5.74) is -2.99. The first-order valence-corrected chi connectivity index (χ1v) is 9.79. The van der Waals surface area contributed by atoms with Gasteiger partial charge in [0.2, 0.25) is 5.82 Å². The molecule has 33 heavy (non-hydrogen) atoms. The summed E-state index contributed by atoms with van der Waals surface area (Å²) < 4.78 is 95.0. The van der Waals surface area contributed by atoms with Gasteiger partial charge in [0.05, 0.1) is 12.6 Å². The van der Waals surface area contributed by atoms with Crippen LogP contribution in [0.1, 0.15) is 42.8 Å². The molecule has 1 saturated heterocycles. The van der Waals surface area contributed by atoms with E-state index in [2.05, 4.69) is 9.97 Å². The van der Waals surface area contributed by atoms with Crippen LogP contribution in [0.2, 0.25) is 0 Å². The van der Waals surface area contributed by atoms with E-state index in [0.717, 1.165) is 32.2 Å². The highest BCUT2D eigenvalue weighted by Crippen LogP contribution is 2.59. The first-order chi connectivity index (χ1) is 15.4. The number of imidazole rings is 1. The van der Waals surface area contributed by atoms with Crippen LogP contribution in [-0.4, -0.2) is 28.9 Å². The van der Waals surface area contributed by atoms with Crippen LogP contribution in [0.5, 0.6) is 5.75 Å². The Morgan fingerprint density at radius 2 is 1.82 bits per heavy atom. The van der Waals surface area contributed by atoms with Crippen molar-refractivity contribution < 1.29 is 35.8 Å². The Hall–Kier alpha value is -3.26. The van der Waals surface area contributed by atoms with Crippen molar-refractivity contribution in [2.75, 3.05) is 7.11 Å². The van der Waals surface area contributed by atoms with Gasteiger partial charge in [-0.1, -0.05) is 13.0 Å². The highest BCUT2D eigenvalue weighted by Gasteiger charge is 2.65. The van der Waals surface area contributed by atoms with Crippen LogP contribution >= 0.6 is 0 Å². The Bertz CT molecular complexity index is 1280. The summed E-state index contributed by atoms with van der Waals surface area (Å²) in [5.74, 6) is -6.56. The number of nitrogens with zero attached hydrogens (tertiary/aromatic N) is 2. The van der Waals surface area contributed by atoms with Gasteiger partial charge in [-0.2, -0.15) is 22.8 Å². The van der Waals surface area contributed by atoms with Crippen LogP contribution in [0.3, 0.4) is 0 Å². The van der Waals surface area contributed by atoms with E-state index in [4.69, 9.17) is 9.47 Å². The van der Waals surface area contributed by atoms with Crippen LogP contribution < -0.4 is 4.74 Å². The van der Waals surface area contributed by atoms with Gasteiger partial charge in [0.15, 0.2) is 17.2 Å². The second-order valence-corrected chi connectivity index (χ2v) is 7.99. The van der Waals surface area contributed by atoms with Gasteiger partial charge in [0, 0.05) is 17.4 Å². The molecule has 0 radical (unpaired) electrons. The third kappa shape index (κ3) is 3.31. The fraction of sp³-hybridized carbons (Fsp3) is 0.364. The number of aromatic amines is 1. The lowest BCUT2D eigenvalue weighted by Gasteiger charge is -2.32. The molecule has 1 aliphatic heterocycles. The molecule has 2 aromatic carbocycles. The fourth-order valence-corrected chi connectivity index (χ4v) is 4.36. The molecule has 11 heteroatoms.